The van der Waals surface area contributed by atoms with Crippen LogP contribution in [0.25, 0.3) is 0 Å². The van der Waals surface area contributed by atoms with Gasteiger partial charge in [-0.2, -0.15) is 0 Å². The van der Waals surface area contributed by atoms with E-state index in [1.807, 2.05) is 13.8 Å². The summed E-state index contributed by atoms with van der Waals surface area (Å²) >= 11 is 0. The van der Waals surface area contributed by atoms with Gasteiger partial charge in [-0.05, 0) is 50.9 Å². The molecule has 1 heterocycles. The van der Waals surface area contributed by atoms with Crippen molar-refractivity contribution in [3.05, 3.63) is 35.6 Å². The van der Waals surface area contributed by atoms with Crippen LogP contribution in [-0.2, 0) is 16.1 Å². The Labute approximate surface area is 142 Å². The second-order valence-electron chi connectivity index (χ2n) is 6.52. The van der Waals surface area contributed by atoms with Crippen molar-refractivity contribution in [3.63, 3.8) is 0 Å². The zero-order valence-corrected chi connectivity index (χ0v) is 14.3. The number of hydrogen-bond donors (Lipinski definition) is 2. The molecule has 0 aliphatic carbocycles. The second-order valence-corrected chi connectivity index (χ2v) is 6.52. The van der Waals surface area contributed by atoms with Crippen LogP contribution < -0.4 is 10.6 Å². The summed E-state index contributed by atoms with van der Waals surface area (Å²) in [5.41, 5.74) is 0.993. The highest BCUT2D eigenvalue weighted by molar-refractivity contribution is 5.83. The topological polar surface area (TPSA) is 61.4 Å². The van der Waals surface area contributed by atoms with Gasteiger partial charge in [0.05, 0.1) is 6.04 Å². The van der Waals surface area contributed by atoms with Gasteiger partial charge in [0.25, 0.3) is 0 Å². The monoisotopic (exact) mass is 335 g/mol. The highest BCUT2D eigenvalue weighted by Crippen LogP contribution is 2.20. The van der Waals surface area contributed by atoms with Crippen molar-refractivity contribution in [1.29, 1.82) is 0 Å². The number of carbonyl (C=O) groups is 2. The Kier molecular flexibility index (Phi) is 6.73. The van der Waals surface area contributed by atoms with Crippen molar-refractivity contribution in [2.75, 3.05) is 13.1 Å². The molecule has 1 atom stereocenters. The van der Waals surface area contributed by atoms with Crippen LogP contribution in [0.4, 0.5) is 4.39 Å². The number of carbonyl (C=O) groups excluding carboxylic acids is 2. The predicted molar refractivity (Wildman–Crippen MR) is 90.7 cm³/mol. The molecule has 2 rings (SSSR count). The molecule has 1 unspecified atom stereocenters. The lowest BCUT2D eigenvalue weighted by Gasteiger charge is -2.23. The summed E-state index contributed by atoms with van der Waals surface area (Å²) in [6.45, 7) is 5.64. The molecular weight excluding hydrogens is 309 g/mol. The van der Waals surface area contributed by atoms with Gasteiger partial charge in [0.1, 0.15) is 5.82 Å². The Morgan fingerprint density at radius 1 is 1.29 bits per heavy atom. The van der Waals surface area contributed by atoms with E-state index in [-0.39, 0.29) is 36.1 Å². The molecule has 1 aliphatic rings. The molecule has 0 saturated carbocycles. The van der Waals surface area contributed by atoms with Gasteiger partial charge in [-0.1, -0.05) is 12.1 Å². The van der Waals surface area contributed by atoms with Crippen molar-refractivity contribution in [3.8, 4) is 0 Å². The summed E-state index contributed by atoms with van der Waals surface area (Å²) in [5.74, 6) is -0.346. The number of nitrogens with zero attached hydrogens (tertiary/aromatic N) is 1. The summed E-state index contributed by atoms with van der Waals surface area (Å²) in [6, 6.07) is 6.30. The molecule has 0 aromatic heterocycles. The third kappa shape index (κ3) is 5.60. The number of benzene rings is 1. The average molecular weight is 335 g/mol. The third-order valence-corrected chi connectivity index (χ3v) is 4.07. The summed E-state index contributed by atoms with van der Waals surface area (Å²) in [4.78, 5) is 26.1. The molecule has 1 fully saturated rings. The Balaban J connectivity index is 1.80. The van der Waals surface area contributed by atoms with Crippen LogP contribution in [0, 0.1) is 5.82 Å². The van der Waals surface area contributed by atoms with Crippen LogP contribution in [-0.4, -0.2) is 41.9 Å². The summed E-state index contributed by atoms with van der Waals surface area (Å²) in [7, 11) is 0. The van der Waals surface area contributed by atoms with E-state index >= 15 is 0 Å². The van der Waals surface area contributed by atoms with Crippen LogP contribution in [0.15, 0.2) is 24.3 Å². The largest absolute Gasteiger partial charge is 0.354 e. The summed E-state index contributed by atoms with van der Waals surface area (Å²) < 4.78 is 13.0. The number of halogens is 1. The minimum Gasteiger partial charge on any atom is -0.354 e. The van der Waals surface area contributed by atoms with Gasteiger partial charge in [0, 0.05) is 25.6 Å². The number of rotatable bonds is 7. The quantitative estimate of drug-likeness (QED) is 0.799. The second kappa shape index (κ2) is 8.78. The fraction of sp³-hybridized carbons (Fsp3) is 0.556. The molecule has 0 radical (unpaired) electrons. The maximum atomic E-state index is 13.0. The third-order valence-electron chi connectivity index (χ3n) is 4.07. The summed E-state index contributed by atoms with van der Waals surface area (Å²) in [6.07, 6.45) is 2.06. The van der Waals surface area contributed by atoms with Crippen molar-refractivity contribution in [2.24, 2.45) is 0 Å². The van der Waals surface area contributed by atoms with Crippen LogP contribution in [0.5, 0.6) is 0 Å². The molecule has 132 valence electrons. The Hall–Kier alpha value is -1.95. The van der Waals surface area contributed by atoms with Crippen LogP contribution in [0.2, 0.25) is 0 Å². The van der Waals surface area contributed by atoms with Gasteiger partial charge in [-0.25, -0.2) is 4.39 Å². The average Bonchev–Trinajstić information content (AvgIpc) is 2.97. The number of likely N-dealkylation sites (tertiary alicyclic amines) is 1. The number of nitrogens with one attached hydrogen (secondary N) is 2. The molecule has 5 nitrogen and oxygen atoms in total. The first kappa shape index (κ1) is 18.4. The first-order valence-corrected chi connectivity index (χ1v) is 8.51. The first-order valence-electron chi connectivity index (χ1n) is 8.51. The van der Waals surface area contributed by atoms with Crippen LogP contribution >= 0.6 is 0 Å². The molecule has 1 aromatic rings. The van der Waals surface area contributed by atoms with E-state index in [1.54, 1.807) is 12.1 Å². The van der Waals surface area contributed by atoms with Gasteiger partial charge in [-0.3, -0.25) is 14.5 Å². The van der Waals surface area contributed by atoms with Crippen molar-refractivity contribution >= 4 is 11.8 Å². The highest BCUT2D eigenvalue weighted by Gasteiger charge is 2.30. The van der Waals surface area contributed by atoms with Crippen LogP contribution in [0.1, 0.15) is 38.7 Å². The van der Waals surface area contributed by atoms with E-state index in [0.717, 1.165) is 24.9 Å². The molecule has 2 N–H and O–H groups in total. The predicted octanol–water partition coefficient (Wildman–Crippen LogP) is 1.82. The highest BCUT2D eigenvalue weighted by atomic mass is 19.1. The van der Waals surface area contributed by atoms with Crippen molar-refractivity contribution < 1.29 is 14.0 Å². The maximum absolute atomic E-state index is 13.0. The Morgan fingerprint density at radius 3 is 2.67 bits per heavy atom. The minimum atomic E-state index is -0.255. The van der Waals surface area contributed by atoms with E-state index < -0.39 is 0 Å². The molecule has 0 spiro atoms. The van der Waals surface area contributed by atoms with Crippen molar-refractivity contribution in [2.45, 2.75) is 51.7 Å². The normalized spacial score (nSPS) is 17.9. The van der Waals surface area contributed by atoms with E-state index in [4.69, 9.17) is 0 Å². The lowest BCUT2D eigenvalue weighted by Crippen LogP contribution is -2.44. The fourth-order valence-corrected chi connectivity index (χ4v) is 2.95. The number of amides is 2. The van der Waals surface area contributed by atoms with Gasteiger partial charge in [0.15, 0.2) is 0 Å². The molecule has 1 aliphatic heterocycles. The van der Waals surface area contributed by atoms with E-state index in [2.05, 4.69) is 15.5 Å². The molecule has 0 bridgehead atoms. The van der Waals surface area contributed by atoms with E-state index in [0.29, 0.717) is 13.1 Å². The van der Waals surface area contributed by atoms with E-state index in [1.165, 1.54) is 12.1 Å². The van der Waals surface area contributed by atoms with Gasteiger partial charge < -0.3 is 10.6 Å². The van der Waals surface area contributed by atoms with Crippen molar-refractivity contribution in [1.82, 2.24) is 15.5 Å². The standard InChI is InChI=1S/C18H26FN3O2/c1-13(2)21-17(23)9-10-20-18(24)16-4-3-11-22(16)12-14-5-7-15(19)8-6-14/h5-8,13,16H,3-4,9-12H2,1-2H3,(H,20,24)(H,21,23). The zero-order chi connectivity index (χ0) is 17.5. The van der Waals surface area contributed by atoms with E-state index in [9.17, 15) is 14.0 Å². The molecule has 1 aromatic carbocycles. The molecular formula is C18H26FN3O2. The van der Waals surface area contributed by atoms with Gasteiger partial charge in [-0.15, -0.1) is 0 Å². The molecule has 1 saturated heterocycles. The molecule has 2 amide bonds. The zero-order valence-electron chi connectivity index (χ0n) is 14.3. The fourth-order valence-electron chi connectivity index (χ4n) is 2.95. The summed E-state index contributed by atoms with van der Waals surface area (Å²) in [5, 5.41) is 5.65. The van der Waals surface area contributed by atoms with Crippen LogP contribution in [0.3, 0.4) is 0 Å². The smallest absolute Gasteiger partial charge is 0.237 e. The number of hydrogen-bond acceptors (Lipinski definition) is 3. The lowest BCUT2D eigenvalue weighted by molar-refractivity contribution is -0.126. The lowest BCUT2D eigenvalue weighted by atomic mass is 10.1. The van der Waals surface area contributed by atoms with Gasteiger partial charge >= 0.3 is 0 Å². The maximum Gasteiger partial charge on any atom is 0.237 e. The Morgan fingerprint density at radius 2 is 2.00 bits per heavy atom. The van der Waals surface area contributed by atoms with Gasteiger partial charge in [0.2, 0.25) is 11.8 Å². The first-order chi connectivity index (χ1) is 11.5. The SMILES string of the molecule is CC(C)NC(=O)CCNC(=O)C1CCCN1Cc1ccc(F)cc1. The molecule has 24 heavy (non-hydrogen) atoms. The molecule has 6 heteroatoms. The minimum absolute atomic E-state index is 0.0352. The Bertz CT molecular complexity index is 560.